The average Bonchev–Trinajstić information content (AvgIpc) is 2.54. The maximum atomic E-state index is 8.91. The van der Waals surface area contributed by atoms with E-state index in [4.69, 9.17) is 10.2 Å². The number of phenolic OH excluding ortho intramolecular Hbond substituents is 2. The number of phenols is 2. The minimum atomic E-state index is 0.165. The Hall–Kier alpha value is -2.31. The van der Waals surface area contributed by atoms with Crippen molar-refractivity contribution in [3.8, 4) is 22.6 Å². The van der Waals surface area contributed by atoms with Crippen LogP contribution in [0.15, 0.2) is 78.9 Å². The van der Waals surface area contributed by atoms with Gasteiger partial charge in [-0.3, -0.25) is 0 Å². The van der Waals surface area contributed by atoms with E-state index in [1.807, 2.05) is 12.1 Å². The molecule has 0 saturated heterocycles. The van der Waals surface area contributed by atoms with Gasteiger partial charge in [-0.2, -0.15) is 0 Å². The predicted molar refractivity (Wildman–Crippen MR) is 91.0 cm³/mol. The first-order chi connectivity index (χ1) is 10.2. The SMILES string of the molecule is Oc1ccc(O)c(P)c1.c1ccc(-c2ccccc2)cc1. The van der Waals surface area contributed by atoms with Crippen molar-refractivity contribution in [3.05, 3.63) is 78.9 Å². The summed E-state index contributed by atoms with van der Waals surface area (Å²) >= 11 is 0. The molecule has 1 unspecified atom stereocenters. The molecule has 3 heteroatoms. The number of rotatable bonds is 1. The third kappa shape index (κ3) is 4.62. The molecule has 0 heterocycles. The summed E-state index contributed by atoms with van der Waals surface area (Å²) < 4.78 is 0. The van der Waals surface area contributed by atoms with Crippen molar-refractivity contribution in [2.24, 2.45) is 0 Å². The van der Waals surface area contributed by atoms with E-state index in [1.54, 1.807) is 0 Å². The molecule has 0 aromatic heterocycles. The number of benzene rings is 3. The molecule has 0 saturated carbocycles. The van der Waals surface area contributed by atoms with Crippen molar-refractivity contribution >= 4 is 14.5 Å². The Morgan fingerprint density at radius 3 is 1.48 bits per heavy atom. The van der Waals surface area contributed by atoms with Gasteiger partial charge in [0.25, 0.3) is 0 Å². The third-order valence-electron chi connectivity index (χ3n) is 2.89. The van der Waals surface area contributed by atoms with Crippen LogP contribution in [0.4, 0.5) is 0 Å². The maximum Gasteiger partial charge on any atom is 0.122 e. The molecule has 3 aromatic carbocycles. The molecule has 0 amide bonds. The molecule has 0 aliphatic carbocycles. The van der Waals surface area contributed by atoms with Gasteiger partial charge in [0.1, 0.15) is 11.5 Å². The highest BCUT2D eigenvalue weighted by molar-refractivity contribution is 7.27. The van der Waals surface area contributed by atoms with Crippen LogP contribution in [0.2, 0.25) is 0 Å². The van der Waals surface area contributed by atoms with E-state index in [2.05, 4.69) is 57.8 Å². The second-order valence-corrected chi connectivity index (χ2v) is 5.10. The zero-order chi connectivity index (χ0) is 15.1. The zero-order valence-corrected chi connectivity index (χ0v) is 12.6. The highest BCUT2D eigenvalue weighted by Gasteiger charge is 1.94. The second kappa shape index (κ2) is 7.47. The van der Waals surface area contributed by atoms with Crippen LogP contribution in [0.25, 0.3) is 11.1 Å². The van der Waals surface area contributed by atoms with Crippen molar-refractivity contribution in [1.82, 2.24) is 0 Å². The Bertz CT molecular complexity index is 645. The van der Waals surface area contributed by atoms with Crippen molar-refractivity contribution in [3.63, 3.8) is 0 Å². The van der Waals surface area contributed by atoms with E-state index in [1.165, 1.54) is 29.3 Å². The zero-order valence-electron chi connectivity index (χ0n) is 11.5. The topological polar surface area (TPSA) is 40.5 Å². The molecule has 0 aliphatic rings. The van der Waals surface area contributed by atoms with Crippen LogP contribution in [0, 0.1) is 0 Å². The van der Waals surface area contributed by atoms with Gasteiger partial charge in [0.2, 0.25) is 0 Å². The lowest BCUT2D eigenvalue weighted by Crippen LogP contribution is -1.88. The Morgan fingerprint density at radius 2 is 1.10 bits per heavy atom. The number of hydrogen-bond donors (Lipinski definition) is 2. The first-order valence-corrected chi connectivity index (χ1v) is 7.12. The molecule has 3 rings (SSSR count). The van der Waals surface area contributed by atoms with Gasteiger partial charge in [-0.25, -0.2) is 0 Å². The lowest BCUT2D eigenvalue weighted by atomic mass is 10.1. The van der Waals surface area contributed by atoms with Crippen LogP contribution >= 0.6 is 9.24 Å². The Balaban J connectivity index is 0.000000161. The highest BCUT2D eigenvalue weighted by atomic mass is 31.0. The van der Waals surface area contributed by atoms with Gasteiger partial charge >= 0.3 is 0 Å². The summed E-state index contributed by atoms with van der Waals surface area (Å²) in [6, 6.07) is 25.1. The van der Waals surface area contributed by atoms with Crippen molar-refractivity contribution < 1.29 is 10.2 Å². The average molecular weight is 296 g/mol. The highest BCUT2D eigenvalue weighted by Crippen LogP contribution is 2.17. The summed E-state index contributed by atoms with van der Waals surface area (Å²) in [5, 5.41) is 18.3. The van der Waals surface area contributed by atoms with Gasteiger partial charge in [0.05, 0.1) is 0 Å². The normalized spacial score (nSPS) is 9.57. The molecule has 0 aliphatic heterocycles. The van der Waals surface area contributed by atoms with E-state index in [9.17, 15) is 0 Å². The largest absolute Gasteiger partial charge is 0.508 e. The first-order valence-electron chi connectivity index (χ1n) is 6.55. The number of aromatic hydroxyl groups is 2. The van der Waals surface area contributed by atoms with E-state index >= 15 is 0 Å². The van der Waals surface area contributed by atoms with E-state index in [0.717, 1.165) is 0 Å². The van der Waals surface area contributed by atoms with Crippen LogP contribution in [-0.2, 0) is 0 Å². The molecule has 2 nitrogen and oxygen atoms in total. The lowest BCUT2D eigenvalue weighted by Gasteiger charge is -1.98. The van der Waals surface area contributed by atoms with Crippen molar-refractivity contribution in [2.45, 2.75) is 0 Å². The maximum absolute atomic E-state index is 8.91. The minimum absolute atomic E-state index is 0.165. The molecule has 21 heavy (non-hydrogen) atoms. The van der Waals surface area contributed by atoms with Crippen molar-refractivity contribution in [1.29, 1.82) is 0 Å². The molecule has 3 aromatic rings. The van der Waals surface area contributed by atoms with E-state index in [-0.39, 0.29) is 11.5 Å². The fraction of sp³-hybridized carbons (Fsp3) is 0. The summed E-state index contributed by atoms with van der Waals surface area (Å²) in [5.74, 6) is 0.343. The molecular weight excluding hydrogens is 279 g/mol. The lowest BCUT2D eigenvalue weighted by molar-refractivity contribution is 0.464. The molecule has 1 atom stereocenters. The standard InChI is InChI=1S/C12H10.C6H7O2P/c1-3-7-11(8-4-1)12-9-5-2-6-10-12;7-4-1-2-5(8)6(9)3-4/h1-10H;1-3,7-8H,9H2. The molecular formula is C18H17O2P. The van der Waals surface area contributed by atoms with Crippen LogP contribution in [-0.4, -0.2) is 10.2 Å². The minimum Gasteiger partial charge on any atom is -0.508 e. The van der Waals surface area contributed by atoms with Gasteiger partial charge in [-0.05, 0) is 29.3 Å². The molecule has 0 radical (unpaired) electrons. The first kappa shape index (κ1) is 15.1. The van der Waals surface area contributed by atoms with Gasteiger partial charge in [0.15, 0.2) is 0 Å². The van der Waals surface area contributed by atoms with E-state index in [0.29, 0.717) is 5.30 Å². The molecule has 0 fully saturated rings. The van der Waals surface area contributed by atoms with Gasteiger partial charge < -0.3 is 10.2 Å². The summed E-state index contributed by atoms with van der Waals surface area (Å²) in [5.41, 5.74) is 2.55. The van der Waals surface area contributed by atoms with Crippen LogP contribution in [0.1, 0.15) is 0 Å². The smallest absolute Gasteiger partial charge is 0.122 e. The van der Waals surface area contributed by atoms with Gasteiger partial charge in [0, 0.05) is 5.30 Å². The molecule has 0 spiro atoms. The third-order valence-corrected chi connectivity index (χ3v) is 3.35. The van der Waals surface area contributed by atoms with Crippen LogP contribution in [0.3, 0.4) is 0 Å². The predicted octanol–water partition coefficient (Wildman–Crippen LogP) is 3.95. The molecule has 2 N–H and O–H groups in total. The monoisotopic (exact) mass is 296 g/mol. The summed E-state index contributed by atoms with van der Waals surface area (Å²) in [7, 11) is 2.31. The molecule has 106 valence electrons. The second-order valence-electron chi connectivity index (χ2n) is 4.48. The summed E-state index contributed by atoms with van der Waals surface area (Å²) in [4.78, 5) is 0. The van der Waals surface area contributed by atoms with Crippen molar-refractivity contribution in [2.75, 3.05) is 0 Å². The van der Waals surface area contributed by atoms with E-state index < -0.39 is 0 Å². The van der Waals surface area contributed by atoms with Crippen LogP contribution in [0.5, 0.6) is 11.5 Å². The summed E-state index contributed by atoms with van der Waals surface area (Å²) in [6.07, 6.45) is 0. The Kier molecular flexibility index (Phi) is 5.36. The Labute approximate surface area is 126 Å². The summed E-state index contributed by atoms with van der Waals surface area (Å²) in [6.45, 7) is 0. The van der Waals surface area contributed by atoms with Gasteiger partial charge in [-0.15, -0.1) is 9.24 Å². The molecule has 0 bridgehead atoms. The fourth-order valence-electron chi connectivity index (χ4n) is 1.80. The fourth-order valence-corrected chi connectivity index (χ4v) is 2.07. The van der Waals surface area contributed by atoms with Crippen LogP contribution < -0.4 is 5.30 Å². The number of hydrogen-bond acceptors (Lipinski definition) is 2. The van der Waals surface area contributed by atoms with Gasteiger partial charge in [-0.1, -0.05) is 60.7 Å². The quantitative estimate of drug-likeness (QED) is 0.527. The Morgan fingerprint density at radius 1 is 0.619 bits per heavy atom.